The van der Waals surface area contributed by atoms with Gasteiger partial charge in [0.1, 0.15) is 0 Å². The van der Waals surface area contributed by atoms with Crippen molar-refractivity contribution in [1.82, 2.24) is 4.90 Å². The third-order valence-electron chi connectivity index (χ3n) is 4.20. The van der Waals surface area contributed by atoms with E-state index in [1.165, 1.54) is 4.90 Å². The van der Waals surface area contributed by atoms with Crippen LogP contribution in [-0.4, -0.2) is 22.8 Å². The van der Waals surface area contributed by atoms with Crippen molar-refractivity contribution in [3.63, 3.8) is 0 Å². The quantitative estimate of drug-likeness (QED) is 0.551. The maximum Gasteiger partial charge on any atom is 0.233 e. The lowest BCUT2D eigenvalue weighted by molar-refractivity contribution is -0.142. The lowest BCUT2D eigenvalue weighted by Gasteiger charge is -2.22. The van der Waals surface area contributed by atoms with E-state index < -0.39 is 0 Å². The molecule has 2 aliphatic rings. The van der Waals surface area contributed by atoms with Crippen molar-refractivity contribution in [3.05, 3.63) is 0 Å². The molecule has 3 unspecified atom stereocenters. The molecule has 17 heavy (non-hydrogen) atoms. The van der Waals surface area contributed by atoms with Crippen LogP contribution in [0.25, 0.3) is 0 Å². The van der Waals surface area contributed by atoms with E-state index in [9.17, 15) is 9.59 Å². The maximum atomic E-state index is 12.2. The van der Waals surface area contributed by atoms with Crippen molar-refractivity contribution >= 4 is 11.8 Å². The molecular weight excluding hydrogens is 214 g/mol. The monoisotopic (exact) mass is 233 g/mol. The second-order valence-corrected chi connectivity index (χ2v) is 5.26. The van der Waals surface area contributed by atoms with Crippen LogP contribution in [0.5, 0.6) is 0 Å². The number of hydrogen-bond acceptors (Lipinski definition) is 2. The highest BCUT2D eigenvalue weighted by Gasteiger charge is 2.53. The fourth-order valence-electron chi connectivity index (χ4n) is 3.18. The number of rotatable bonds is 3. The molecule has 1 saturated carbocycles. The molecule has 2 rings (SSSR count). The van der Waals surface area contributed by atoms with E-state index in [2.05, 4.69) is 12.8 Å². The molecule has 2 fully saturated rings. The first-order valence-corrected chi connectivity index (χ1v) is 6.40. The van der Waals surface area contributed by atoms with Gasteiger partial charge in [0.05, 0.1) is 11.8 Å². The van der Waals surface area contributed by atoms with Gasteiger partial charge < -0.3 is 0 Å². The van der Waals surface area contributed by atoms with Crippen LogP contribution in [0.1, 0.15) is 39.5 Å². The van der Waals surface area contributed by atoms with Gasteiger partial charge in [0.2, 0.25) is 11.8 Å². The van der Waals surface area contributed by atoms with E-state index in [4.69, 9.17) is 6.42 Å². The summed E-state index contributed by atoms with van der Waals surface area (Å²) in [6.45, 7) is 3.98. The Morgan fingerprint density at radius 2 is 1.88 bits per heavy atom. The first-order chi connectivity index (χ1) is 8.10. The third-order valence-corrected chi connectivity index (χ3v) is 4.20. The lowest BCUT2D eigenvalue weighted by atomic mass is 10.00. The molecule has 0 radical (unpaired) electrons. The van der Waals surface area contributed by atoms with Gasteiger partial charge in [-0.05, 0) is 25.7 Å². The van der Waals surface area contributed by atoms with Crippen LogP contribution in [0.15, 0.2) is 0 Å². The van der Waals surface area contributed by atoms with E-state index in [1.807, 2.05) is 6.92 Å². The first kappa shape index (κ1) is 12.2. The Morgan fingerprint density at radius 1 is 1.35 bits per heavy atom. The van der Waals surface area contributed by atoms with Crippen molar-refractivity contribution in [1.29, 1.82) is 0 Å². The van der Waals surface area contributed by atoms with Gasteiger partial charge in [0.25, 0.3) is 0 Å². The van der Waals surface area contributed by atoms with Gasteiger partial charge in [-0.15, -0.1) is 12.3 Å². The molecule has 92 valence electrons. The Morgan fingerprint density at radius 3 is 2.29 bits per heavy atom. The molecule has 0 aromatic carbocycles. The number of terminal acetylenes is 1. The molecule has 0 N–H and O–H groups in total. The van der Waals surface area contributed by atoms with E-state index in [0.29, 0.717) is 12.3 Å². The molecule has 0 aromatic rings. The topological polar surface area (TPSA) is 37.4 Å². The number of carbonyl (C=O) groups excluding carboxylic acids is 2. The fraction of sp³-hybridized carbons (Fsp3) is 0.714. The normalized spacial score (nSPS) is 33.7. The Kier molecular flexibility index (Phi) is 3.24. The zero-order chi connectivity index (χ0) is 12.6. The zero-order valence-corrected chi connectivity index (χ0v) is 10.5. The minimum Gasteiger partial charge on any atom is -0.278 e. The van der Waals surface area contributed by atoms with E-state index in [1.54, 1.807) is 0 Å². The van der Waals surface area contributed by atoms with Gasteiger partial charge in [-0.1, -0.05) is 13.3 Å². The van der Waals surface area contributed by atoms with Crippen LogP contribution in [0, 0.1) is 30.1 Å². The Hall–Kier alpha value is -1.30. The Balaban J connectivity index is 2.14. The number of hydrogen-bond donors (Lipinski definition) is 0. The smallest absolute Gasteiger partial charge is 0.233 e. The van der Waals surface area contributed by atoms with Crippen molar-refractivity contribution < 1.29 is 9.59 Å². The number of likely N-dealkylation sites (tertiary alicyclic amines) is 1. The molecule has 0 spiro atoms. The van der Waals surface area contributed by atoms with Gasteiger partial charge in [0.15, 0.2) is 0 Å². The van der Waals surface area contributed by atoms with Crippen LogP contribution in [0.4, 0.5) is 0 Å². The van der Waals surface area contributed by atoms with Gasteiger partial charge in [-0.2, -0.15) is 0 Å². The second kappa shape index (κ2) is 4.52. The van der Waals surface area contributed by atoms with Gasteiger partial charge >= 0.3 is 0 Å². The predicted octanol–water partition coefficient (Wildman–Crippen LogP) is 1.82. The highest BCUT2D eigenvalue weighted by atomic mass is 16.2. The molecule has 3 heteroatoms. The average Bonchev–Trinajstić information content (AvgIpc) is 2.81. The van der Waals surface area contributed by atoms with Crippen molar-refractivity contribution in [3.8, 4) is 12.3 Å². The van der Waals surface area contributed by atoms with Crippen LogP contribution in [-0.2, 0) is 9.59 Å². The molecule has 3 nitrogen and oxygen atoms in total. The molecule has 1 saturated heterocycles. The summed E-state index contributed by atoms with van der Waals surface area (Å²) >= 11 is 0. The fourth-order valence-corrected chi connectivity index (χ4v) is 3.18. The summed E-state index contributed by atoms with van der Waals surface area (Å²) in [7, 11) is 0. The van der Waals surface area contributed by atoms with Crippen molar-refractivity contribution in [2.45, 2.75) is 45.6 Å². The largest absolute Gasteiger partial charge is 0.278 e. The number of nitrogens with zero attached hydrogens (tertiary/aromatic N) is 1. The van der Waals surface area contributed by atoms with Crippen LogP contribution in [0.2, 0.25) is 0 Å². The van der Waals surface area contributed by atoms with Crippen LogP contribution in [0.3, 0.4) is 0 Å². The number of amides is 2. The highest BCUT2D eigenvalue weighted by molar-refractivity contribution is 6.05. The van der Waals surface area contributed by atoms with Crippen molar-refractivity contribution in [2.24, 2.45) is 17.8 Å². The molecule has 1 heterocycles. The molecule has 0 bridgehead atoms. The molecule has 2 amide bonds. The molecule has 0 aromatic heterocycles. The second-order valence-electron chi connectivity index (χ2n) is 5.26. The molecule has 1 aliphatic heterocycles. The minimum absolute atomic E-state index is 0.0127. The van der Waals surface area contributed by atoms with Crippen molar-refractivity contribution in [2.75, 3.05) is 0 Å². The summed E-state index contributed by atoms with van der Waals surface area (Å²) in [6, 6.07) is -0.148. The summed E-state index contributed by atoms with van der Waals surface area (Å²) in [4.78, 5) is 25.8. The molecule has 1 aliphatic carbocycles. The van der Waals surface area contributed by atoms with Gasteiger partial charge in [0, 0.05) is 12.5 Å². The van der Waals surface area contributed by atoms with E-state index >= 15 is 0 Å². The summed E-state index contributed by atoms with van der Waals surface area (Å²) in [5.74, 6) is 2.97. The average molecular weight is 233 g/mol. The summed E-state index contributed by atoms with van der Waals surface area (Å²) < 4.78 is 0. The Bertz CT molecular complexity index is 358. The Labute approximate surface area is 103 Å². The van der Waals surface area contributed by atoms with E-state index in [-0.39, 0.29) is 29.7 Å². The SMILES string of the molecule is C#CCC(C)N1C(=O)C2CC(CC)CC2C1=O. The number of imide groups is 1. The first-order valence-electron chi connectivity index (χ1n) is 6.40. The summed E-state index contributed by atoms with van der Waals surface area (Å²) in [6.07, 6.45) is 8.52. The van der Waals surface area contributed by atoms with Gasteiger partial charge in [-0.25, -0.2) is 0 Å². The maximum absolute atomic E-state index is 12.2. The third kappa shape index (κ3) is 1.86. The summed E-state index contributed by atoms with van der Waals surface area (Å²) in [5, 5.41) is 0. The molecule has 3 atom stereocenters. The predicted molar refractivity (Wildman–Crippen MR) is 64.8 cm³/mol. The molecular formula is C14H19NO2. The summed E-state index contributed by atoms with van der Waals surface area (Å²) in [5.41, 5.74) is 0. The number of carbonyl (C=O) groups is 2. The minimum atomic E-state index is -0.148. The zero-order valence-electron chi connectivity index (χ0n) is 10.5. The lowest BCUT2D eigenvalue weighted by Crippen LogP contribution is -2.39. The van der Waals surface area contributed by atoms with Gasteiger partial charge in [-0.3, -0.25) is 14.5 Å². The van der Waals surface area contributed by atoms with E-state index in [0.717, 1.165) is 19.3 Å². The van der Waals surface area contributed by atoms with Crippen LogP contribution >= 0.6 is 0 Å². The standard InChI is InChI=1S/C14H19NO2/c1-4-6-9(3)15-13(16)11-7-10(5-2)8-12(11)14(15)17/h1,9-12H,5-8H2,2-3H3. The highest BCUT2D eigenvalue weighted by Crippen LogP contribution is 2.44. The van der Waals surface area contributed by atoms with Crippen LogP contribution < -0.4 is 0 Å². The number of fused-ring (bicyclic) bond motifs is 1.